The molecule has 1 saturated heterocycles. The Labute approximate surface area is 172 Å². The van der Waals surface area contributed by atoms with Crippen LogP contribution in [0.3, 0.4) is 0 Å². The Bertz CT molecular complexity index is 923. The molecule has 2 N–H and O–H groups in total. The molecule has 2 heterocycles. The minimum absolute atomic E-state index is 0.0838. The fourth-order valence-electron chi connectivity index (χ4n) is 3.26. The van der Waals surface area contributed by atoms with Crippen molar-refractivity contribution in [3.8, 4) is 0 Å². The highest BCUT2D eigenvalue weighted by molar-refractivity contribution is 5.95. The van der Waals surface area contributed by atoms with E-state index in [9.17, 15) is 19.7 Å². The number of nitro groups is 1. The molecule has 1 aliphatic heterocycles. The van der Waals surface area contributed by atoms with Crippen LogP contribution in [-0.2, 0) is 9.53 Å². The van der Waals surface area contributed by atoms with Crippen molar-refractivity contribution in [1.29, 1.82) is 0 Å². The second kappa shape index (κ2) is 9.63. The normalized spacial score (nSPS) is 15.9. The van der Waals surface area contributed by atoms with Crippen LogP contribution in [0.5, 0.6) is 0 Å². The predicted molar refractivity (Wildman–Crippen MR) is 108 cm³/mol. The van der Waals surface area contributed by atoms with Gasteiger partial charge in [-0.25, -0.2) is 9.97 Å². The molecule has 0 aliphatic carbocycles. The molecule has 2 aromatic rings. The smallest absolute Gasteiger partial charge is 0.355 e. The number of rotatable bonds is 7. The van der Waals surface area contributed by atoms with Gasteiger partial charge in [0.25, 0.3) is 5.91 Å². The van der Waals surface area contributed by atoms with Crippen molar-refractivity contribution in [2.75, 3.05) is 30.0 Å². The first-order chi connectivity index (χ1) is 14.5. The van der Waals surface area contributed by atoms with Crippen LogP contribution in [0.25, 0.3) is 0 Å². The quantitative estimate of drug-likeness (QED) is 0.395. The molecule has 0 spiro atoms. The number of nitrogens with zero attached hydrogens (tertiary/aromatic N) is 4. The Kier molecular flexibility index (Phi) is 6.73. The Balaban J connectivity index is 1.80. The number of aromatic nitrogens is 2. The lowest BCUT2D eigenvalue weighted by molar-refractivity contribution is -0.383. The number of piperidine rings is 1. The zero-order valence-electron chi connectivity index (χ0n) is 16.4. The van der Waals surface area contributed by atoms with E-state index in [1.807, 2.05) is 0 Å². The Hall–Kier alpha value is -3.76. The number of esters is 1. The third-order valence-corrected chi connectivity index (χ3v) is 4.66. The van der Waals surface area contributed by atoms with Crippen molar-refractivity contribution in [2.24, 2.45) is 5.92 Å². The fraction of sp³-hybridized carbons (Fsp3) is 0.368. The van der Waals surface area contributed by atoms with Gasteiger partial charge >= 0.3 is 11.7 Å². The first kappa shape index (κ1) is 21.0. The zero-order chi connectivity index (χ0) is 21.5. The fourth-order valence-corrected chi connectivity index (χ4v) is 3.26. The third-order valence-electron chi connectivity index (χ3n) is 4.66. The molecule has 1 unspecified atom stereocenters. The lowest BCUT2D eigenvalue weighted by Crippen LogP contribution is -2.40. The van der Waals surface area contributed by atoms with E-state index in [2.05, 4.69) is 20.8 Å². The van der Waals surface area contributed by atoms with E-state index in [0.717, 1.165) is 0 Å². The summed E-state index contributed by atoms with van der Waals surface area (Å²) in [5.74, 6) is -1.24. The van der Waals surface area contributed by atoms with E-state index in [-0.39, 0.29) is 42.4 Å². The summed E-state index contributed by atoms with van der Waals surface area (Å²) in [5.41, 5.74) is 4.93. The average molecular weight is 414 g/mol. The van der Waals surface area contributed by atoms with Gasteiger partial charge in [0.2, 0.25) is 11.6 Å². The van der Waals surface area contributed by atoms with Crippen molar-refractivity contribution in [1.82, 2.24) is 15.4 Å². The van der Waals surface area contributed by atoms with Gasteiger partial charge in [-0.2, -0.15) is 0 Å². The minimum Gasteiger partial charge on any atom is -0.466 e. The number of hydrogen-bond donors (Lipinski definition) is 2. The zero-order valence-corrected chi connectivity index (χ0v) is 16.4. The monoisotopic (exact) mass is 414 g/mol. The molecule has 0 bridgehead atoms. The Morgan fingerprint density at radius 3 is 2.77 bits per heavy atom. The molecule has 0 radical (unpaired) electrons. The maximum atomic E-state index is 12.2. The molecule has 1 amide bonds. The first-order valence-electron chi connectivity index (χ1n) is 9.53. The van der Waals surface area contributed by atoms with E-state index >= 15 is 0 Å². The lowest BCUT2D eigenvalue weighted by Gasteiger charge is -2.32. The van der Waals surface area contributed by atoms with E-state index < -0.39 is 10.8 Å². The van der Waals surface area contributed by atoms with Gasteiger partial charge in [0.1, 0.15) is 6.33 Å². The summed E-state index contributed by atoms with van der Waals surface area (Å²) in [5, 5.41) is 11.8. The van der Waals surface area contributed by atoms with E-state index in [0.29, 0.717) is 24.9 Å². The summed E-state index contributed by atoms with van der Waals surface area (Å²) in [6, 6.07) is 8.40. The van der Waals surface area contributed by atoms with Crippen LogP contribution in [-0.4, -0.2) is 46.5 Å². The average Bonchev–Trinajstić information content (AvgIpc) is 2.78. The Morgan fingerprint density at radius 2 is 2.07 bits per heavy atom. The van der Waals surface area contributed by atoms with Gasteiger partial charge in [0.05, 0.1) is 17.4 Å². The molecule has 1 aromatic heterocycles. The molecular weight excluding hydrogens is 392 g/mol. The van der Waals surface area contributed by atoms with Crippen molar-refractivity contribution in [3.63, 3.8) is 0 Å². The van der Waals surface area contributed by atoms with E-state index in [1.54, 1.807) is 42.2 Å². The number of amides is 1. The number of carbonyl (C=O) groups is 2. The molecule has 11 heteroatoms. The number of nitrogens with one attached hydrogen (secondary N) is 2. The van der Waals surface area contributed by atoms with Crippen LogP contribution >= 0.6 is 0 Å². The second-order valence-electron chi connectivity index (χ2n) is 6.63. The summed E-state index contributed by atoms with van der Waals surface area (Å²) in [7, 11) is 0. The highest BCUT2D eigenvalue weighted by Crippen LogP contribution is 2.34. The summed E-state index contributed by atoms with van der Waals surface area (Å²) in [6.07, 6.45) is 2.48. The SMILES string of the molecule is CCOC(=O)C1CCCN(c2ncnc(NNC(=O)c3ccccc3)c2[N+](=O)[O-])C1. The molecule has 1 aliphatic rings. The second-order valence-corrected chi connectivity index (χ2v) is 6.63. The van der Waals surface area contributed by atoms with Crippen LogP contribution in [0.15, 0.2) is 36.7 Å². The molecule has 30 heavy (non-hydrogen) atoms. The topological polar surface area (TPSA) is 140 Å². The third kappa shape index (κ3) is 4.80. The van der Waals surface area contributed by atoms with Crippen LogP contribution in [0.2, 0.25) is 0 Å². The number of carbonyl (C=O) groups excluding carboxylic acids is 2. The predicted octanol–water partition coefficient (Wildman–Crippen LogP) is 1.92. The van der Waals surface area contributed by atoms with Gasteiger partial charge in [-0.3, -0.25) is 30.6 Å². The molecule has 158 valence electrons. The van der Waals surface area contributed by atoms with Crippen LogP contribution in [0.1, 0.15) is 30.1 Å². The molecule has 1 atom stereocenters. The van der Waals surface area contributed by atoms with Gasteiger partial charge in [-0.05, 0) is 31.9 Å². The van der Waals surface area contributed by atoms with Crippen molar-refractivity contribution in [3.05, 3.63) is 52.3 Å². The van der Waals surface area contributed by atoms with Crippen LogP contribution in [0, 0.1) is 16.0 Å². The maximum absolute atomic E-state index is 12.2. The summed E-state index contributed by atoms with van der Waals surface area (Å²) in [4.78, 5) is 45.1. The van der Waals surface area contributed by atoms with E-state index in [4.69, 9.17) is 4.74 Å². The number of ether oxygens (including phenoxy) is 1. The first-order valence-corrected chi connectivity index (χ1v) is 9.53. The number of anilines is 2. The van der Waals surface area contributed by atoms with Crippen LogP contribution in [0.4, 0.5) is 17.3 Å². The maximum Gasteiger partial charge on any atom is 0.355 e. The molecule has 1 fully saturated rings. The molecule has 3 rings (SSSR count). The lowest BCUT2D eigenvalue weighted by atomic mass is 9.98. The van der Waals surface area contributed by atoms with Crippen molar-refractivity contribution >= 4 is 29.2 Å². The Morgan fingerprint density at radius 1 is 1.30 bits per heavy atom. The highest BCUT2D eigenvalue weighted by Gasteiger charge is 2.33. The largest absolute Gasteiger partial charge is 0.466 e. The molecule has 11 nitrogen and oxygen atoms in total. The van der Waals surface area contributed by atoms with Crippen molar-refractivity contribution in [2.45, 2.75) is 19.8 Å². The summed E-state index contributed by atoms with van der Waals surface area (Å²) >= 11 is 0. The minimum atomic E-state index is -0.611. The van der Waals surface area contributed by atoms with Crippen molar-refractivity contribution < 1.29 is 19.2 Å². The number of hydrazine groups is 1. The van der Waals surface area contributed by atoms with Gasteiger partial charge in [0.15, 0.2) is 0 Å². The van der Waals surface area contributed by atoms with Gasteiger partial charge in [0, 0.05) is 18.7 Å². The molecular formula is C19H22N6O5. The summed E-state index contributed by atoms with van der Waals surface area (Å²) in [6.45, 7) is 2.77. The van der Waals surface area contributed by atoms with Crippen LogP contribution < -0.4 is 15.8 Å². The van der Waals surface area contributed by atoms with Gasteiger partial charge in [-0.1, -0.05) is 18.2 Å². The number of hydrogen-bond acceptors (Lipinski definition) is 9. The molecule has 1 aromatic carbocycles. The van der Waals surface area contributed by atoms with Gasteiger partial charge < -0.3 is 9.64 Å². The highest BCUT2D eigenvalue weighted by atomic mass is 16.6. The molecule has 0 saturated carbocycles. The van der Waals surface area contributed by atoms with Gasteiger partial charge in [-0.15, -0.1) is 0 Å². The number of benzene rings is 1. The standard InChI is InChI=1S/C19H22N6O5/c1-2-30-19(27)14-9-6-10-24(11-14)17-15(25(28)29)16(20-12-21-17)22-23-18(26)13-7-4-3-5-8-13/h3-5,7-8,12,14H,2,6,9-11H2,1H3,(H,23,26)(H,20,21,22). The van der Waals surface area contributed by atoms with E-state index in [1.165, 1.54) is 6.33 Å². The summed E-state index contributed by atoms with van der Waals surface area (Å²) < 4.78 is 5.08.